The van der Waals surface area contributed by atoms with Crippen LogP contribution in [-0.4, -0.2) is 44.3 Å². The van der Waals surface area contributed by atoms with Crippen molar-refractivity contribution in [3.63, 3.8) is 0 Å². The summed E-state index contributed by atoms with van der Waals surface area (Å²) in [6, 6.07) is -0.463. The number of fused-ring (bicyclic) bond motifs is 3. The second-order valence-electron chi connectivity index (χ2n) is 8.17. The molecule has 1 saturated heterocycles. The van der Waals surface area contributed by atoms with Crippen LogP contribution in [0.1, 0.15) is 49.3 Å². The lowest BCUT2D eigenvalue weighted by Gasteiger charge is -2.38. The van der Waals surface area contributed by atoms with Gasteiger partial charge in [0.15, 0.2) is 0 Å². The first kappa shape index (κ1) is 18.0. The van der Waals surface area contributed by atoms with Gasteiger partial charge < -0.3 is 10.6 Å². The van der Waals surface area contributed by atoms with Crippen molar-refractivity contribution < 1.29 is 9.59 Å². The van der Waals surface area contributed by atoms with Crippen LogP contribution in [0.5, 0.6) is 0 Å². The average Bonchev–Trinajstić information content (AvgIpc) is 2.94. The number of likely N-dealkylation sites (tertiary alicyclic amines) is 1. The van der Waals surface area contributed by atoms with Crippen molar-refractivity contribution >= 4 is 23.2 Å². The minimum atomic E-state index is -0.463. The first-order valence-electron chi connectivity index (χ1n) is 9.18. The standard InChI is InChI=1S/C19H23N5O2S/c1-19(2,3)18-21-9-10-4-5-11-16(15(10)23-18)27-13(22-11)8-14(25)24-7-6-12(24)17(20)26/h9,12H,4-8H2,1-3H3,(H2,20,26)/t12-/m0/s1. The van der Waals surface area contributed by atoms with Gasteiger partial charge >= 0.3 is 0 Å². The zero-order valence-electron chi connectivity index (χ0n) is 15.8. The van der Waals surface area contributed by atoms with Crippen LogP contribution < -0.4 is 5.73 Å². The number of hydrogen-bond donors (Lipinski definition) is 1. The molecular formula is C19H23N5O2S. The van der Waals surface area contributed by atoms with Gasteiger partial charge in [0.25, 0.3) is 0 Å². The van der Waals surface area contributed by atoms with E-state index >= 15 is 0 Å². The quantitative estimate of drug-likeness (QED) is 0.865. The highest BCUT2D eigenvalue weighted by atomic mass is 32.1. The van der Waals surface area contributed by atoms with Gasteiger partial charge in [-0.15, -0.1) is 11.3 Å². The van der Waals surface area contributed by atoms with Crippen LogP contribution in [0.15, 0.2) is 6.20 Å². The van der Waals surface area contributed by atoms with Crippen molar-refractivity contribution in [2.24, 2.45) is 5.73 Å². The molecule has 3 heterocycles. The van der Waals surface area contributed by atoms with E-state index in [-0.39, 0.29) is 17.7 Å². The zero-order valence-corrected chi connectivity index (χ0v) is 16.6. The predicted molar refractivity (Wildman–Crippen MR) is 102 cm³/mol. The molecule has 7 nitrogen and oxygen atoms in total. The lowest BCUT2D eigenvalue weighted by molar-refractivity contribution is -0.145. The van der Waals surface area contributed by atoms with Crippen molar-refractivity contribution in [3.05, 3.63) is 28.3 Å². The van der Waals surface area contributed by atoms with Crippen molar-refractivity contribution in [2.75, 3.05) is 6.54 Å². The van der Waals surface area contributed by atoms with Crippen LogP contribution in [0, 0.1) is 0 Å². The van der Waals surface area contributed by atoms with Gasteiger partial charge in [0.1, 0.15) is 16.9 Å². The third-order valence-electron chi connectivity index (χ3n) is 5.09. The minimum Gasteiger partial charge on any atom is -0.368 e. The van der Waals surface area contributed by atoms with Crippen LogP contribution in [0.25, 0.3) is 10.6 Å². The lowest BCUT2D eigenvalue weighted by Crippen LogP contribution is -2.57. The van der Waals surface area contributed by atoms with Gasteiger partial charge in [-0.05, 0) is 24.8 Å². The van der Waals surface area contributed by atoms with Crippen molar-refractivity contribution in [1.29, 1.82) is 0 Å². The molecule has 8 heteroatoms. The number of rotatable bonds is 3. The summed E-state index contributed by atoms with van der Waals surface area (Å²) in [5.41, 5.74) is 8.30. The molecule has 0 unspecified atom stereocenters. The third kappa shape index (κ3) is 3.22. The Hall–Kier alpha value is -2.35. The Morgan fingerprint density at radius 2 is 2.07 bits per heavy atom. The zero-order chi connectivity index (χ0) is 19.3. The highest BCUT2D eigenvalue weighted by Crippen LogP contribution is 2.37. The molecule has 1 atom stereocenters. The molecule has 2 N–H and O–H groups in total. The maximum Gasteiger partial charge on any atom is 0.240 e. The number of thiazole rings is 1. The van der Waals surface area contributed by atoms with E-state index in [1.54, 1.807) is 4.90 Å². The van der Waals surface area contributed by atoms with E-state index in [2.05, 4.69) is 30.7 Å². The second-order valence-corrected chi connectivity index (χ2v) is 9.26. The normalized spacial score (nSPS) is 18.5. The number of primary amides is 1. The second kappa shape index (κ2) is 6.37. The van der Waals surface area contributed by atoms with E-state index in [0.717, 1.165) is 45.5 Å². The summed E-state index contributed by atoms with van der Waals surface area (Å²) in [6.07, 6.45) is 4.47. The van der Waals surface area contributed by atoms with Gasteiger partial charge in [-0.25, -0.2) is 15.0 Å². The number of carbonyl (C=O) groups is 2. The average molecular weight is 385 g/mol. The summed E-state index contributed by atoms with van der Waals surface area (Å²) in [5.74, 6) is 0.285. The molecule has 4 rings (SSSR count). The summed E-state index contributed by atoms with van der Waals surface area (Å²) < 4.78 is 0. The topological polar surface area (TPSA) is 102 Å². The minimum absolute atomic E-state index is 0.0885. The third-order valence-corrected chi connectivity index (χ3v) is 6.20. The van der Waals surface area contributed by atoms with Crippen LogP contribution >= 0.6 is 11.3 Å². The molecule has 2 aliphatic rings. The number of aryl methyl sites for hydroxylation is 2. The number of amides is 2. The summed E-state index contributed by atoms with van der Waals surface area (Å²) in [4.78, 5) is 40.5. The van der Waals surface area contributed by atoms with Gasteiger partial charge in [-0.3, -0.25) is 9.59 Å². The van der Waals surface area contributed by atoms with E-state index in [4.69, 9.17) is 10.7 Å². The molecule has 1 aliphatic heterocycles. The largest absolute Gasteiger partial charge is 0.368 e. The van der Waals surface area contributed by atoms with Gasteiger partial charge in [0.2, 0.25) is 11.8 Å². The summed E-state index contributed by atoms with van der Waals surface area (Å²) >= 11 is 1.52. The monoisotopic (exact) mass is 385 g/mol. The highest BCUT2D eigenvalue weighted by Gasteiger charge is 2.36. The fourth-order valence-electron chi connectivity index (χ4n) is 3.44. The first-order valence-corrected chi connectivity index (χ1v) is 10.00. The highest BCUT2D eigenvalue weighted by molar-refractivity contribution is 7.15. The Morgan fingerprint density at radius 3 is 2.70 bits per heavy atom. The maximum absolute atomic E-state index is 12.5. The van der Waals surface area contributed by atoms with Gasteiger partial charge in [0.05, 0.1) is 22.7 Å². The van der Waals surface area contributed by atoms with Gasteiger partial charge in [0, 0.05) is 18.2 Å². The molecule has 142 valence electrons. The van der Waals surface area contributed by atoms with Gasteiger partial charge in [-0.2, -0.15) is 0 Å². The molecule has 2 aromatic heterocycles. The maximum atomic E-state index is 12.5. The number of aromatic nitrogens is 3. The molecule has 0 saturated carbocycles. The molecule has 2 aromatic rings. The first-order chi connectivity index (χ1) is 12.7. The Morgan fingerprint density at radius 1 is 1.30 bits per heavy atom. The van der Waals surface area contributed by atoms with E-state index in [1.807, 2.05) is 6.20 Å². The number of hydrogen-bond acceptors (Lipinski definition) is 6. The van der Waals surface area contributed by atoms with Crippen LogP contribution in [-0.2, 0) is 34.3 Å². The molecule has 0 spiro atoms. The Kier molecular flexibility index (Phi) is 4.25. The molecule has 0 radical (unpaired) electrons. The Labute approximate surface area is 162 Å². The molecule has 2 amide bonds. The van der Waals surface area contributed by atoms with Crippen LogP contribution in [0.3, 0.4) is 0 Å². The molecule has 27 heavy (non-hydrogen) atoms. The number of carbonyl (C=O) groups excluding carboxylic acids is 2. The summed E-state index contributed by atoms with van der Waals surface area (Å²) in [7, 11) is 0. The van der Waals surface area contributed by atoms with Crippen LogP contribution in [0.2, 0.25) is 0 Å². The molecule has 1 fully saturated rings. The molecule has 0 aromatic carbocycles. The summed E-state index contributed by atoms with van der Waals surface area (Å²) in [5, 5.41) is 0.767. The fourth-order valence-corrected chi connectivity index (χ4v) is 4.57. The number of nitrogens with two attached hydrogens (primary N) is 1. The SMILES string of the molecule is CC(C)(C)c1ncc2c(n1)-c1sc(CC(=O)N3CC[C@H]3C(N)=O)nc1CC2. The van der Waals surface area contributed by atoms with E-state index in [0.29, 0.717) is 13.0 Å². The fraction of sp³-hybridized carbons (Fsp3) is 0.526. The number of nitrogens with zero attached hydrogens (tertiary/aromatic N) is 4. The van der Waals surface area contributed by atoms with E-state index < -0.39 is 11.9 Å². The molecule has 0 bridgehead atoms. The smallest absolute Gasteiger partial charge is 0.240 e. The van der Waals surface area contributed by atoms with Crippen molar-refractivity contribution in [3.8, 4) is 10.6 Å². The Balaban J connectivity index is 1.60. The van der Waals surface area contributed by atoms with Crippen molar-refractivity contribution in [1.82, 2.24) is 19.9 Å². The predicted octanol–water partition coefficient (Wildman–Crippen LogP) is 1.62. The molecular weight excluding hydrogens is 362 g/mol. The molecule has 1 aliphatic carbocycles. The van der Waals surface area contributed by atoms with Crippen LogP contribution in [0.4, 0.5) is 0 Å². The van der Waals surface area contributed by atoms with E-state index in [9.17, 15) is 9.59 Å². The van der Waals surface area contributed by atoms with Crippen molar-refractivity contribution in [2.45, 2.75) is 57.9 Å². The Bertz CT molecular complexity index is 931. The van der Waals surface area contributed by atoms with E-state index in [1.165, 1.54) is 11.3 Å². The summed E-state index contributed by atoms with van der Waals surface area (Å²) in [6.45, 7) is 6.87. The lowest BCUT2D eigenvalue weighted by atomic mass is 9.94. The van der Waals surface area contributed by atoms with Gasteiger partial charge in [-0.1, -0.05) is 20.8 Å².